The molecule has 0 aliphatic carbocycles. The zero-order valence-electron chi connectivity index (χ0n) is 8.63. The Morgan fingerprint density at radius 1 is 1.44 bits per heavy atom. The second-order valence-electron chi connectivity index (χ2n) is 2.95. The molecule has 1 amide bonds. The molecule has 1 aromatic carbocycles. The number of nitrogens with two attached hydrogens (primary N) is 1. The summed E-state index contributed by atoms with van der Waals surface area (Å²) in [5.41, 5.74) is 4.94. The summed E-state index contributed by atoms with van der Waals surface area (Å²) in [5.74, 6) is 0.281. The molecule has 0 radical (unpaired) electrons. The number of hydrogen-bond donors (Lipinski definition) is 2. The van der Waals surface area contributed by atoms with Crippen LogP contribution in [0.2, 0.25) is 0 Å². The molecule has 4 heteroatoms. The zero-order chi connectivity index (χ0) is 12.0. The molecule has 0 bridgehead atoms. The Kier molecular flexibility index (Phi) is 4.03. The highest BCUT2D eigenvalue weighted by Gasteiger charge is 1.99. The summed E-state index contributed by atoms with van der Waals surface area (Å²) < 4.78 is 0. The van der Waals surface area contributed by atoms with Crippen LogP contribution in [-0.2, 0) is 4.79 Å². The minimum absolute atomic E-state index is 0.250. The fourth-order valence-electron chi connectivity index (χ4n) is 1.28. The Labute approximate surface area is 93.0 Å². The Balaban J connectivity index is 0.000000386. The summed E-state index contributed by atoms with van der Waals surface area (Å²) in [6.07, 6.45) is 3.64. The Morgan fingerprint density at radius 3 is 2.75 bits per heavy atom. The average molecular weight is 216 g/mol. The van der Waals surface area contributed by atoms with Crippen LogP contribution in [-0.4, -0.2) is 16.5 Å². The summed E-state index contributed by atoms with van der Waals surface area (Å²) in [4.78, 5) is 12.7. The Morgan fingerprint density at radius 2 is 2.12 bits per heavy atom. The van der Waals surface area contributed by atoms with Crippen LogP contribution in [0.3, 0.4) is 0 Å². The molecule has 0 aliphatic heterocycles. The first-order chi connectivity index (χ1) is 7.72. The van der Waals surface area contributed by atoms with Crippen LogP contribution >= 0.6 is 0 Å². The van der Waals surface area contributed by atoms with E-state index in [1.165, 1.54) is 0 Å². The van der Waals surface area contributed by atoms with Crippen LogP contribution in [0, 0.1) is 0 Å². The van der Waals surface area contributed by atoms with Gasteiger partial charge in [-0.2, -0.15) is 0 Å². The predicted molar refractivity (Wildman–Crippen MR) is 63.8 cm³/mol. The summed E-state index contributed by atoms with van der Waals surface area (Å²) in [6.45, 7) is 3.62. The van der Waals surface area contributed by atoms with E-state index in [9.17, 15) is 5.11 Å². The molecule has 0 fully saturated rings. The van der Waals surface area contributed by atoms with E-state index in [1.54, 1.807) is 24.4 Å². The smallest absolute Gasteiger partial charge is 0.204 e. The molecule has 2 rings (SSSR count). The zero-order valence-corrected chi connectivity index (χ0v) is 8.63. The van der Waals surface area contributed by atoms with Crippen molar-refractivity contribution in [1.82, 2.24) is 4.98 Å². The van der Waals surface area contributed by atoms with Gasteiger partial charge < -0.3 is 10.8 Å². The number of amides is 1. The number of carbonyl (C=O) groups is 1. The number of primary amides is 1. The van der Waals surface area contributed by atoms with Crippen LogP contribution in [0.5, 0.6) is 5.75 Å². The molecule has 4 nitrogen and oxygen atoms in total. The second-order valence-corrected chi connectivity index (χ2v) is 2.95. The third kappa shape index (κ3) is 2.57. The van der Waals surface area contributed by atoms with Crippen molar-refractivity contribution in [2.45, 2.75) is 0 Å². The molecule has 0 saturated carbocycles. The molecule has 1 aromatic heterocycles. The van der Waals surface area contributed by atoms with Gasteiger partial charge in [-0.1, -0.05) is 18.7 Å². The topological polar surface area (TPSA) is 76.2 Å². The number of carbonyl (C=O) groups excluding carboxylic acids is 1. The monoisotopic (exact) mass is 216 g/mol. The molecule has 16 heavy (non-hydrogen) atoms. The van der Waals surface area contributed by atoms with Crippen molar-refractivity contribution in [2.75, 3.05) is 0 Å². The molecule has 3 N–H and O–H groups in total. The van der Waals surface area contributed by atoms with Crippen molar-refractivity contribution in [3.8, 4) is 5.75 Å². The fraction of sp³-hybridized carbons (Fsp3) is 0. The van der Waals surface area contributed by atoms with E-state index in [0.29, 0.717) is 0 Å². The van der Waals surface area contributed by atoms with Gasteiger partial charge in [0.05, 0.1) is 5.69 Å². The summed E-state index contributed by atoms with van der Waals surface area (Å²) in [5, 5.41) is 11.3. The fourth-order valence-corrected chi connectivity index (χ4v) is 1.28. The van der Waals surface area contributed by atoms with Crippen LogP contribution < -0.4 is 5.73 Å². The molecular formula is C12H12N2O2. The van der Waals surface area contributed by atoms with Gasteiger partial charge >= 0.3 is 0 Å². The largest absolute Gasteiger partial charge is 0.507 e. The first-order valence-electron chi connectivity index (χ1n) is 4.58. The first-order valence-corrected chi connectivity index (χ1v) is 4.58. The van der Waals surface area contributed by atoms with Gasteiger partial charge in [-0.3, -0.25) is 9.78 Å². The van der Waals surface area contributed by atoms with Crippen molar-refractivity contribution in [2.24, 2.45) is 5.73 Å². The summed E-state index contributed by atoms with van der Waals surface area (Å²) in [6, 6.07) is 7.19. The lowest BCUT2D eigenvalue weighted by atomic mass is 10.1. The molecule has 0 atom stereocenters. The summed E-state index contributed by atoms with van der Waals surface area (Å²) in [7, 11) is 0. The molecule has 0 saturated heterocycles. The third-order valence-electron chi connectivity index (χ3n) is 1.97. The molecule has 0 spiro atoms. The van der Waals surface area contributed by atoms with Gasteiger partial charge in [0.25, 0.3) is 0 Å². The van der Waals surface area contributed by atoms with Crippen molar-refractivity contribution in [1.29, 1.82) is 0 Å². The first kappa shape index (κ1) is 11.7. The van der Waals surface area contributed by atoms with Crippen LogP contribution in [0.25, 0.3) is 16.8 Å². The van der Waals surface area contributed by atoms with E-state index in [0.717, 1.165) is 16.5 Å². The average Bonchev–Trinajstić information content (AvgIpc) is 2.30. The SMILES string of the molecule is C=Cc1cc2c(O)cccc2cn1.NC=O. The number of benzene rings is 1. The molecule has 2 aromatic rings. The highest BCUT2D eigenvalue weighted by molar-refractivity contribution is 5.88. The maximum atomic E-state index is 9.53. The second kappa shape index (κ2) is 5.50. The lowest BCUT2D eigenvalue weighted by molar-refractivity contribution is -0.106. The number of nitrogens with zero attached hydrogens (tertiary/aromatic N) is 1. The number of rotatable bonds is 1. The van der Waals surface area contributed by atoms with Crippen molar-refractivity contribution >= 4 is 23.3 Å². The van der Waals surface area contributed by atoms with Gasteiger partial charge in [-0.25, -0.2) is 0 Å². The Hall–Kier alpha value is -2.36. The molecule has 82 valence electrons. The number of hydrogen-bond acceptors (Lipinski definition) is 3. The number of phenolic OH excluding ortho intramolecular Hbond substituents is 1. The molecule has 0 aliphatic rings. The van der Waals surface area contributed by atoms with Gasteiger partial charge in [-0.05, 0) is 18.2 Å². The van der Waals surface area contributed by atoms with E-state index >= 15 is 0 Å². The van der Waals surface area contributed by atoms with Gasteiger partial charge in [-0.15, -0.1) is 0 Å². The number of pyridine rings is 1. The normalized spacial score (nSPS) is 9.00. The lowest BCUT2D eigenvalue weighted by Crippen LogP contribution is -1.82. The van der Waals surface area contributed by atoms with Gasteiger partial charge in [0.1, 0.15) is 5.75 Å². The highest BCUT2D eigenvalue weighted by atomic mass is 16.3. The van der Waals surface area contributed by atoms with Crippen LogP contribution in [0.4, 0.5) is 0 Å². The maximum Gasteiger partial charge on any atom is 0.204 e. The molecule has 1 heterocycles. The number of phenols is 1. The van der Waals surface area contributed by atoms with E-state index < -0.39 is 0 Å². The van der Waals surface area contributed by atoms with Crippen LogP contribution in [0.15, 0.2) is 37.0 Å². The molecule has 0 unspecified atom stereocenters. The predicted octanol–water partition coefficient (Wildman–Crippen LogP) is 1.68. The minimum Gasteiger partial charge on any atom is -0.507 e. The minimum atomic E-state index is 0.250. The maximum absolute atomic E-state index is 9.53. The standard InChI is InChI=1S/C11H9NO.CH3NO/c1-2-9-6-10-8(7-12-9)4-3-5-11(10)13;2-1-3/h2-7,13H,1H2;1H,(H2,2,3). The number of fused-ring (bicyclic) bond motifs is 1. The number of aromatic nitrogens is 1. The Bertz CT molecular complexity index is 509. The summed E-state index contributed by atoms with van der Waals surface area (Å²) >= 11 is 0. The van der Waals surface area contributed by atoms with E-state index in [1.807, 2.05) is 12.1 Å². The van der Waals surface area contributed by atoms with E-state index in [4.69, 9.17) is 4.79 Å². The number of aromatic hydroxyl groups is 1. The van der Waals surface area contributed by atoms with Gasteiger partial charge in [0.2, 0.25) is 6.41 Å². The van der Waals surface area contributed by atoms with E-state index in [2.05, 4.69) is 17.3 Å². The van der Waals surface area contributed by atoms with E-state index in [-0.39, 0.29) is 12.2 Å². The van der Waals surface area contributed by atoms with Gasteiger partial charge in [0, 0.05) is 17.0 Å². The quantitative estimate of drug-likeness (QED) is 0.712. The van der Waals surface area contributed by atoms with Gasteiger partial charge in [0.15, 0.2) is 0 Å². The third-order valence-corrected chi connectivity index (χ3v) is 1.97. The lowest BCUT2D eigenvalue weighted by Gasteiger charge is -2.00. The highest BCUT2D eigenvalue weighted by Crippen LogP contribution is 2.24. The van der Waals surface area contributed by atoms with Crippen molar-refractivity contribution < 1.29 is 9.90 Å². The van der Waals surface area contributed by atoms with Crippen molar-refractivity contribution in [3.63, 3.8) is 0 Å². The van der Waals surface area contributed by atoms with Crippen molar-refractivity contribution in [3.05, 3.63) is 42.7 Å². The van der Waals surface area contributed by atoms with Crippen LogP contribution in [0.1, 0.15) is 5.69 Å². The molecular weight excluding hydrogens is 204 g/mol.